The Bertz CT molecular complexity index is 2250. The maximum atomic E-state index is 14.4. The normalized spacial score (nSPS) is 25.2. The molecule has 8 nitrogen and oxygen atoms in total. The van der Waals surface area contributed by atoms with E-state index in [1.807, 2.05) is 0 Å². The number of nitrogens with zero attached hydrogens (tertiary/aromatic N) is 2. The van der Waals surface area contributed by atoms with Crippen molar-refractivity contribution in [2.75, 3.05) is 16.9 Å². The third-order valence-corrected chi connectivity index (χ3v) is 11.5. The summed E-state index contributed by atoms with van der Waals surface area (Å²) in [5.41, 5.74) is -9.21. The minimum atomic E-state index is -5.37. The van der Waals surface area contributed by atoms with E-state index in [1.54, 1.807) is 0 Å². The van der Waals surface area contributed by atoms with E-state index in [0.29, 0.717) is 0 Å². The maximum Gasteiger partial charge on any atom is 0.416 e. The number of ether oxygens (including phenoxy) is 1. The molecule has 308 valence electrons. The summed E-state index contributed by atoms with van der Waals surface area (Å²) < 4.78 is 171. The van der Waals surface area contributed by atoms with Crippen LogP contribution in [0.25, 0.3) is 0 Å². The molecule has 4 amide bonds. The number of phenols is 1. The predicted molar refractivity (Wildman–Crippen MR) is 178 cm³/mol. The van der Waals surface area contributed by atoms with Crippen LogP contribution in [-0.2, 0) is 43.9 Å². The van der Waals surface area contributed by atoms with Gasteiger partial charge in [-0.15, -0.1) is 0 Å². The number of carbonyl (C=O) groups is 4. The lowest BCUT2D eigenvalue weighted by atomic mass is 9.57. The minimum Gasteiger partial charge on any atom is -0.503 e. The fourth-order valence-electron chi connectivity index (χ4n) is 8.54. The molecule has 4 aliphatic rings. The van der Waals surface area contributed by atoms with Crippen LogP contribution in [0, 0.1) is 29.6 Å². The van der Waals surface area contributed by atoms with Crippen molar-refractivity contribution in [1.29, 1.82) is 0 Å². The highest BCUT2D eigenvalue weighted by Gasteiger charge is 2.63. The Labute approximate surface area is 326 Å². The lowest BCUT2D eigenvalue weighted by Crippen LogP contribution is -2.43. The summed E-state index contributed by atoms with van der Waals surface area (Å²) in [6, 6.07) is 2.84. The molecule has 58 heavy (non-hydrogen) atoms. The zero-order valence-corrected chi connectivity index (χ0v) is 30.5. The predicted octanol–water partition coefficient (Wildman–Crippen LogP) is 9.28. The molecule has 7 rings (SSSR count). The number of fused-ring (bicyclic) bond motifs is 4. The van der Waals surface area contributed by atoms with Gasteiger partial charge in [-0.1, -0.05) is 11.6 Å². The average Bonchev–Trinajstić information content (AvgIpc) is 3.53. The topological polar surface area (TPSA) is 104 Å². The average molecular weight is 899 g/mol. The number of methoxy groups -OCH3 is 1. The summed E-state index contributed by atoms with van der Waals surface area (Å²) in [6.07, 6.45) is -21.0. The van der Waals surface area contributed by atoms with Gasteiger partial charge in [-0.2, -0.15) is 52.7 Å². The molecule has 0 spiro atoms. The van der Waals surface area contributed by atoms with Crippen LogP contribution < -0.4 is 14.5 Å². The third-order valence-electron chi connectivity index (χ3n) is 10.9. The van der Waals surface area contributed by atoms with Crippen LogP contribution in [0.5, 0.6) is 11.5 Å². The SMILES string of the molecule is COc1cc([C@H]2C3=CC[C@@H]4C(=O)N(c5cc(C(F)(F)F)cc(C(F)(F)F)c5)C(=O)[C@@H]4[C@@H]3C[C@H]3C(=O)N(c4cc(C(F)(F)F)cc(C(F)(F)F)c4)C(=O)[C@@H]23)cc(Br)c1O. The maximum absolute atomic E-state index is 14.4. The Hall–Kier alpha value is -5.08. The second kappa shape index (κ2) is 13.5. The number of anilines is 2. The smallest absolute Gasteiger partial charge is 0.416 e. The number of halogens is 13. The number of carbonyl (C=O) groups excluding carboxylic acids is 4. The van der Waals surface area contributed by atoms with E-state index >= 15 is 0 Å². The molecular weight excluding hydrogens is 876 g/mol. The molecule has 3 aromatic carbocycles. The van der Waals surface area contributed by atoms with E-state index < -0.39 is 130 Å². The van der Waals surface area contributed by atoms with Crippen LogP contribution in [0.3, 0.4) is 0 Å². The number of hydrogen-bond acceptors (Lipinski definition) is 6. The Morgan fingerprint density at radius 3 is 1.47 bits per heavy atom. The van der Waals surface area contributed by atoms with Gasteiger partial charge in [0.1, 0.15) is 0 Å². The number of amides is 4. The van der Waals surface area contributed by atoms with Gasteiger partial charge in [0.2, 0.25) is 23.6 Å². The standard InChI is InChI=1S/C37H23BrF12N2O6/c1-58-25-5-13(4-24(38)29(25)53)26-20-2-3-21-27(32(56)51(30(21)54)18-8-14(34(39,40)41)6-15(9-18)35(42,43)44)22(20)12-23-28(26)33(57)52(31(23)55)19-10-16(36(45,46)47)7-17(11-19)37(48,49)50/h2,4-11,21-23,26-28,53H,3,12H2,1H3/t21-,22+,23+,26-,27-,28+/m0/s1. The summed E-state index contributed by atoms with van der Waals surface area (Å²) >= 11 is 3.14. The van der Waals surface area contributed by atoms with Crippen molar-refractivity contribution in [2.45, 2.75) is 43.5 Å². The van der Waals surface area contributed by atoms with E-state index in [-0.39, 0.29) is 74.0 Å². The first kappa shape index (κ1) is 41.1. The van der Waals surface area contributed by atoms with Crippen molar-refractivity contribution in [2.24, 2.45) is 29.6 Å². The number of benzene rings is 3. The number of phenolic OH excluding ortho intramolecular Hbond substituents is 1. The van der Waals surface area contributed by atoms with Gasteiger partial charge in [0.25, 0.3) is 0 Å². The van der Waals surface area contributed by atoms with Crippen molar-refractivity contribution in [1.82, 2.24) is 0 Å². The second-order valence-corrected chi connectivity index (χ2v) is 15.0. The molecule has 2 heterocycles. The first-order chi connectivity index (χ1) is 26.7. The molecule has 0 bridgehead atoms. The fraction of sp³-hybridized carbons (Fsp3) is 0.351. The van der Waals surface area contributed by atoms with Gasteiger partial charge >= 0.3 is 24.7 Å². The van der Waals surface area contributed by atoms with Gasteiger partial charge in [-0.25, -0.2) is 9.80 Å². The molecule has 6 atom stereocenters. The van der Waals surface area contributed by atoms with Gasteiger partial charge in [-0.3, -0.25) is 19.2 Å². The first-order valence-corrected chi connectivity index (χ1v) is 17.6. The zero-order chi connectivity index (χ0) is 42.8. The van der Waals surface area contributed by atoms with E-state index in [1.165, 1.54) is 18.2 Å². The highest BCUT2D eigenvalue weighted by molar-refractivity contribution is 9.10. The quantitative estimate of drug-likeness (QED) is 0.159. The minimum absolute atomic E-state index is 0.0422. The molecule has 0 aromatic heterocycles. The Morgan fingerprint density at radius 2 is 1.03 bits per heavy atom. The number of rotatable bonds is 4. The molecule has 0 radical (unpaired) electrons. The highest BCUT2D eigenvalue weighted by Crippen LogP contribution is 2.60. The summed E-state index contributed by atoms with van der Waals surface area (Å²) in [7, 11) is 1.15. The fourth-order valence-corrected chi connectivity index (χ4v) is 9.00. The zero-order valence-electron chi connectivity index (χ0n) is 28.9. The van der Waals surface area contributed by atoms with Crippen LogP contribution in [0.15, 0.2) is 64.7 Å². The van der Waals surface area contributed by atoms with Gasteiger partial charge in [-0.05, 0) is 88.8 Å². The van der Waals surface area contributed by atoms with Crippen molar-refractivity contribution in [3.63, 3.8) is 0 Å². The summed E-state index contributed by atoms with van der Waals surface area (Å²) in [6.45, 7) is 0. The molecule has 2 saturated heterocycles. The Balaban J connectivity index is 1.37. The molecule has 1 N–H and O–H groups in total. The molecule has 2 aliphatic carbocycles. The molecule has 0 unspecified atom stereocenters. The van der Waals surface area contributed by atoms with E-state index in [2.05, 4.69) is 15.9 Å². The van der Waals surface area contributed by atoms with Crippen molar-refractivity contribution in [3.8, 4) is 11.5 Å². The number of hydrogen-bond donors (Lipinski definition) is 1. The lowest BCUT2D eigenvalue weighted by molar-refractivity contribution is -0.144. The van der Waals surface area contributed by atoms with Crippen molar-refractivity contribution < 1.29 is 81.7 Å². The first-order valence-electron chi connectivity index (χ1n) is 16.8. The Kier molecular flexibility index (Phi) is 9.55. The summed E-state index contributed by atoms with van der Waals surface area (Å²) in [5.74, 6) is -14.4. The number of alkyl halides is 12. The van der Waals surface area contributed by atoms with Crippen molar-refractivity contribution in [3.05, 3.63) is 92.5 Å². The Morgan fingerprint density at radius 1 is 0.603 bits per heavy atom. The molecular formula is C37H23BrF12N2O6. The van der Waals surface area contributed by atoms with Crippen LogP contribution in [0.1, 0.15) is 46.6 Å². The summed E-state index contributed by atoms with van der Waals surface area (Å²) in [4.78, 5) is 57.0. The number of imide groups is 2. The molecule has 1 saturated carbocycles. The van der Waals surface area contributed by atoms with E-state index in [9.17, 15) is 77.0 Å². The van der Waals surface area contributed by atoms with Crippen LogP contribution in [0.2, 0.25) is 0 Å². The van der Waals surface area contributed by atoms with Gasteiger partial charge in [0.15, 0.2) is 11.5 Å². The number of allylic oxidation sites excluding steroid dienone is 2. The van der Waals surface area contributed by atoms with Crippen molar-refractivity contribution >= 4 is 50.9 Å². The van der Waals surface area contributed by atoms with Crippen LogP contribution in [-0.4, -0.2) is 35.8 Å². The molecule has 21 heteroatoms. The van der Waals surface area contributed by atoms with E-state index in [0.717, 1.165) is 7.11 Å². The second-order valence-electron chi connectivity index (χ2n) is 14.1. The highest BCUT2D eigenvalue weighted by atomic mass is 79.9. The largest absolute Gasteiger partial charge is 0.503 e. The molecule has 3 fully saturated rings. The van der Waals surface area contributed by atoms with Crippen LogP contribution in [0.4, 0.5) is 64.1 Å². The summed E-state index contributed by atoms with van der Waals surface area (Å²) in [5, 5.41) is 10.5. The van der Waals surface area contributed by atoms with E-state index in [4.69, 9.17) is 4.74 Å². The monoisotopic (exact) mass is 898 g/mol. The van der Waals surface area contributed by atoms with Gasteiger partial charge in [0, 0.05) is 5.92 Å². The molecule has 2 aliphatic heterocycles. The molecule has 3 aromatic rings. The van der Waals surface area contributed by atoms with Crippen LogP contribution >= 0.6 is 15.9 Å². The third kappa shape index (κ3) is 6.67. The van der Waals surface area contributed by atoms with Gasteiger partial charge < -0.3 is 9.84 Å². The lowest BCUT2D eigenvalue weighted by Gasteiger charge is -2.44. The number of aromatic hydroxyl groups is 1. The van der Waals surface area contributed by atoms with Gasteiger partial charge in [0.05, 0.1) is 68.9 Å².